The summed E-state index contributed by atoms with van der Waals surface area (Å²) in [4.78, 5) is 12.4. The number of aliphatic carboxylic acids is 1. The number of carboxylic acids is 1. The van der Waals surface area contributed by atoms with E-state index in [9.17, 15) is 18.3 Å². The van der Waals surface area contributed by atoms with Gasteiger partial charge in [0.1, 0.15) is 0 Å². The van der Waals surface area contributed by atoms with E-state index < -0.39 is 28.0 Å². The first-order valence-electron chi connectivity index (χ1n) is 11.8. The van der Waals surface area contributed by atoms with Crippen molar-refractivity contribution in [1.29, 1.82) is 0 Å². The normalized spacial score (nSPS) is 20.8. The summed E-state index contributed by atoms with van der Waals surface area (Å²) in [6, 6.07) is 9.47. The molecule has 0 saturated carbocycles. The Kier molecular flexibility index (Phi) is 9.18. The van der Waals surface area contributed by atoms with Crippen molar-refractivity contribution in [3.8, 4) is 17.2 Å². The standard InChI is InChI=1S/C26H35NO7S2/c1-16(2)15-35-24-13-21(18-11-22(32-4)25(34-6)23(12-18)33-5)27(14-20(24)26(28)29)36(30,31)19-9-7-17(3)8-10-19/h7-12,16,20-21,24H,13-15H2,1-6H3,(H,28,29)/t20-,21+,24-/m1/s1. The summed E-state index contributed by atoms with van der Waals surface area (Å²) >= 11 is 1.59. The Labute approximate surface area is 218 Å². The average Bonchev–Trinajstić information content (AvgIpc) is 2.85. The molecule has 198 valence electrons. The SMILES string of the molecule is COc1cc([C@@H]2C[C@@H](SCC(C)C)[C@H](C(=O)O)CN2S(=O)(=O)c2ccc(C)cc2)cc(OC)c1OC. The lowest BCUT2D eigenvalue weighted by atomic mass is 9.90. The van der Waals surface area contributed by atoms with Gasteiger partial charge in [0.2, 0.25) is 15.8 Å². The fourth-order valence-corrected chi connectivity index (χ4v) is 7.42. The van der Waals surface area contributed by atoms with Crippen molar-refractivity contribution in [2.75, 3.05) is 33.6 Å². The molecule has 0 radical (unpaired) electrons. The Hall–Kier alpha value is -2.43. The predicted molar refractivity (Wildman–Crippen MR) is 141 cm³/mol. The molecule has 0 aromatic heterocycles. The van der Waals surface area contributed by atoms with E-state index in [1.807, 2.05) is 6.92 Å². The summed E-state index contributed by atoms with van der Waals surface area (Å²) in [7, 11) is 0.510. The number of nitrogens with zero attached hydrogens (tertiary/aromatic N) is 1. The van der Waals surface area contributed by atoms with E-state index in [1.54, 1.807) is 48.2 Å². The van der Waals surface area contributed by atoms with Crippen molar-refractivity contribution < 1.29 is 32.5 Å². The molecule has 1 N–H and O–H groups in total. The van der Waals surface area contributed by atoms with Gasteiger partial charge in [-0.1, -0.05) is 31.5 Å². The highest BCUT2D eigenvalue weighted by atomic mass is 32.2. The molecule has 3 atom stereocenters. The van der Waals surface area contributed by atoms with Crippen molar-refractivity contribution in [2.24, 2.45) is 11.8 Å². The van der Waals surface area contributed by atoms with Gasteiger partial charge in [-0.2, -0.15) is 16.1 Å². The highest BCUT2D eigenvalue weighted by molar-refractivity contribution is 7.99. The molecule has 36 heavy (non-hydrogen) atoms. The van der Waals surface area contributed by atoms with Crippen LogP contribution in [-0.4, -0.2) is 62.7 Å². The molecule has 1 heterocycles. The predicted octanol–water partition coefficient (Wildman–Crippen LogP) is 4.62. The number of benzene rings is 2. The van der Waals surface area contributed by atoms with E-state index in [-0.39, 0.29) is 16.7 Å². The summed E-state index contributed by atoms with van der Waals surface area (Å²) < 4.78 is 45.6. The Bertz CT molecular complexity index is 1140. The van der Waals surface area contributed by atoms with E-state index in [1.165, 1.54) is 25.6 Å². The van der Waals surface area contributed by atoms with Gasteiger partial charge in [-0.25, -0.2) is 8.42 Å². The van der Waals surface area contributed by atoms with Gasteiger partial charge in [0.05, 0.1) is 38.2 Å². The average molecular weight is 538 g/mol. The number of carbonyl (C=O) groups is 1. The number of hydrogen-bond donors (Lipinski definition) is 1. The molecule has 0 spiro atoms. The lowest BCUT2D eigenvalue weighted by Gasteiger charge is -2.42. The molecule has 0 unspecified atom stereocenters. The highest BCUT2D eigenvalue weighted by Gasteiger charge is 2.45. The molecule has 1 saturated heterocycles. The lowest BCUT2D eigenvalue weighted by molar-refractivity contribution is -0.143. The maximum atomic E-state index is 13.9. The Morgan fingerprint density at radius 1 is 1.08 bits per heavy atom. The second-order valence-corrected chi connectivity index (χ2v) is 12.5. The van der Waals surface area contributed by atoms with Crippen molar-refractivity contribution >= 4 is 27.8 Å². The number of hydrogen-bond acceptors (Lipinski definition) is 7. The van der Waals surface area contributed by atoms with Gasteiger partial charge in [0.25, 0.3) is 0 Å². The zero-order valence-electron chi connectivity index (χ0n) is 21.6. The molecule has 0 aliphatic carbocycles. The molecule has 10 heteroatoms. The van der Waals surface area contributed by atoms with Gasteiger partial charge >= 0.3 is 5.97 Å². The number of methoxy groups -OCH3 is 3. The number of piperidine rings is 1. The third-order valence-electron chi connectivity index (χ3n) is 6.29. The van der Waals surface area contributed by atoms with Crippen LogP contribution < -0.4 is 14.2 Å². The first-order chi connectivity index (χ1) is 17.0. The molecule has 1 aliphatic rings. The van der Waals surface area contributed by atoms with Crippen LogP contribution in [0.1, 0.15) is 37.4 Å². The van der Waals surface area contributed by atoms with Gasteiger partial charge in [-0.05, 0) is 54.8 Å². The van der Waals surface area contributed by atoms with E-state index >= 15 is 0 Å². The maximum absolute atomic E-state index is 13.9. The number of rotatable bonds is 10. The van der Waals surface area contributed by atoms with Crippen molar-refractivity contribution in [3.63, 3.8) is 0 Å². The van der Waals surface area contributed by atoms with E-state index in [4.69, 9.17) is 14.2 Å². The molecule has 3 rings (SSSR count). The van der Waals surface area contributed by atoms with Gasteiger partial charge in [0.15, 0.2) is 11.5 Å². The Morgan fingerprint density at radius 3 is 2.14 bits per heavy atom. The third kappa shape index (κ3) is 5.92. The molecule has 2 aromatic carbocycles. The largest absolute Gasteiger partial charge is 0.493 e. The van der Waals surface area contributed by atoms with Crippen LogP contribution in [0.2, 0.25) is 0 Å². The van der Waals surface area contributed by atoms with Gasteiger partial charge in [-0.3, -0.25) is 4.79 Å². The molecule has 2 aromatic rings. The summed E-state index contributed by atoms with van der Waals surface area (Å²) in [6.45, 7) is 5.91. The highest BCUT2D eigenvalue weighted by Crippen LogP contribution is 2.46. The summed E-state index contributed by atoms with van der Waals surface area (Å²) in [6.07, 6.45) is 0.331. The topological polar surface area (TPSA) is 102 Å². The number of thioether (sulfide) groups is 1. The lowest BCUT2D eigenvalue weighted by Crippen LogP contribution is -2.49. The van der Waals surface area contributed by atoms with Gasteiger partial charge in [0, 0.05) is 11.8 Å². The molecular weight excluding hydrogens is 502 g/mol. The molecule has 8 nitrogen and oxygen atoms in total. The summed E-state index contributed by atoms with van der Waals surface area (Å²) in [5, 5.41) is 9.80. The van der Waals surface area contributed by atoms with Crippen molar-refractivity contribution in [1.82, 2.24) is 4.31 Å². The first kappa shape index (κ1) is 28.1. The van der Waals surface area contributed by atoms with Crippen molar-refractivity contribution in [3.05, 3.63) is 47.5 Å². The Morgan fingerprint density at radius 2 is 1.67 bits per heavy atom. The van der Waals surface area contributed by atoms with Crippen LogP contribution in [-0.2, 0) is 14.8 Å². The number of carboxylic acid groups (broad SMARTS) is 1. The minimum Gasteiger partial charge on any atom is -0.493 e. The van der Waals surface area contributed by atoms with Crippen LogP contribution in [0.25, 0.3) is 0 Å². The number of ether oxygens (including phenoxy) is 3. The van der Waals surface area contributed by atoms with Crippen LogP contribution in [0.4, 0.5) is 0 Å². The monoisotopic (exact) mass is 537 g/mol. The second-order valence-electron chi connectivity index (χ2n) is 9.31. The van der Waals surface area contributed by atoms with Gasteiger partial charge in [-0.15, -0.1) is 0 Å². The third-order valence-corrected chi connectivity index (χ3v) is 9.99. The van der Waals surface area contributed by atoms with Crippen LogP contribution in [0, 0.1) is 18.8 Å². The number of aryl methyl sites for hydroxylation is 1. The number of sulfonamides is 1. The zero-order valence-corrected chi connectivity index (χ0v) is 23.2. The van der Waals surface area contributed by atoms with Crippen LogP contribution in [0.15, 0.2) is 41.3 Å². The summed E-state index contributed by atoms with van der Waals surface area (Å²) in [5.74, 6) is 0.537. The molecule has 0 amide bonds. The quantitative estimate of drug-likeness (QED) is 0.469. The maximum Gasteiger partial charge on any atom is 0.308 e. The fraction of sp³-hybridized carbons (Fsp3) is 0.500. The van der Waals surface area contributed by atoms with Crippen LogP contribution in [0.3, 0.4) is 0 Å². The fourth-order valence-electron chi connectivity index (χ4n) is 4.39. The van der Waals surface area contributed by atoms with Crippen LogP contribution in [0.5, 0.6) is 17.2 Å². The molecular formula is C26H35NO7S2. The molecule has 0 bridgehead atoms. The minimum atomic E-state index is -4.00. The second kappa shape index (κ2) is 11.7. The van der Waals surface area contributed by atoms with E-state index in [2.05, 4.69) is 13.8 Å². The van der Waals surface area contributed by atoms with E-state index in [0.717, 1.165) is 11.3 Å². The minimum absolute atomic E-state index is 0.128. The van der Waals surface area contributed by atoms with Crippen LogP contribution >= 0.6 is 11.8 Å². The van der Waals surface area contributed by atoms with Gasteiger partial charge < -0.3 is 19.3 Å². The molecule has 1 fully saturated rings. The smallest absolute Gasteiger partial charge is 0.308 e. The zero-order chi connectivity index (χ0) is 26.6. The van der Waals surface area contributed by atoms with Crippen molar-refractivity contribution in [2.45, 2.75) is 43.4 Å². The molecule has 1 aliphatic heterocycles. The van der Waals surface area contributed by atoms with E-state index in [0.29, 0.717) is 35.2 Å². The Balaban J connectivity index is 2.16. The first-order valence-corrected chi connectivity index (χ1v) is 14.2. The summed E-state index contributed by atoms with van der Waals surface area (Å²) in [5.41, 5.74) is 1.58.